The van der Waals surface area contributed by atoms with E-state index in [-0.39, 0.29) is 10.8 Å². The Labute approximate surface area is 135 Å². The van der Waals surface area contributed by atoms with Crippen LogP contribution in [0.1, 0.15) is 13.8 Å². The highest BCUT2D eigenvalue weighted by Crippen LogP contribution is 2.26. The predicted molar refractivity (Wildman–Crippen MR) is 85.3 cm³/mol. The van der Waals surface area contributed by atoms with Crippen LogP contribution in [0.4, 0.5) is 21.9 Å². The molecule has 1 aromatic carbocycles. The maximum atomic E-state index is 12.2. The second-order valence-electron chi connectivity index (χ2n) is 5.58. The molecule has 0 bridgehead atoms. The van der Waals surface area contributed by atoms with Crippen molar-refractivity contribution in [2.45, 2.75) is 19.4 Å². The highest BCUT2D eigenvalue weighted by molar-refractivity contribution is 7.80. The monoisotopic (exact) mass is 339 g/mol. The third-order valence-corrected chi connectivity index (χ3v) is 3.39. The van der Waals surface area contributed by atoms with Gasteiger partial charge in [0.15, 0.2) is 5.11 Å². The molecule has 0 atom stereocenters. The Kier molecular flexibility index (Phi) is 4.14. The van der Waals surface area contributed by atoms with Crippen LogP contribution in [-0.2, 0) is 0 Å². The number of carbonyl (C=O) groups is 1. The molecule has 1 aliphatic rings. The van der Waals surface area contributed by atoms with Gasteiger partial charge in [0.05, 0.1) is 33.7 Å². The van der Waals surface area contributed by atoms with Gasteiger partial charge in [0, 0.05) is 12.1 Å². The fourth-order valence-corrected chi connectivity index (χ4v) is 2.52. The van der Waals surface area contributed by atoms with Crippen molar-refractivity contribution < 1.29 is 14.6 Å². The minimum absolute atomic E-state index is 0.0524. The molecule has 0 unspecified atom stereocenters. The topological polar surface area (TPSA) is 131 Å². The standard InChI is InChI=1S/C12H13N5O5S/c1-12(2)6-15(11(23)14-12)10(18)13-7-3-8(16(19)20)5-9(4-7)17(21)22/h3-5H,6H2,1-2H3,(H,13,18)(H,14,23). The Balaban J connectivity index is 2.26. The molecule has 1 aliphatic heterocycles. The largest absolute Gasteiger partial charge is 0.355 e. The van der Waals surface area contributed by atoms with Crippen LogP contribution in [0.5, 0.6) is 0 Å². The molecule has 1 aromatic rings. The summed E-state index contributed by atoms with van der Waals surface area (Å²) < 4.78 is 0. The summed E-state index contributed by atoms with van der Waals surface area (Å²) in [6.07, 6.45) is 0. The van der Waals surface area contributed by atoms with E-state index in [2.05, 4.69) is 10.6 Å². The SMILES string of the molecule is CC1(C)CN(C(=O)Nc2cc([N+](=O)[O-])cc([N+](=O)[O-])c2)C(=S)N1. The number of hydrogen-bond acceptors (Lipinski definition) is 6. The molecule has 0 spiro atoms. The fraction of sp³-hybridized carbons (Fsp3) is 0.333. The number of carbonyl (C=O) groups excluding carboxylic acids is 1. The number of urea groups is 1. The lowest BCUT2D eigenvalue weighted by atomic mass is 10.1. The average molecular weight is 339 g/mol. The lowest BCUT2D eigenvalue weighted by Crippen LogP contribution is -2.37. The van der Waals surface area contributed by atoms with E-state index in [0.29, 0.717) is 6.54 Å². The van der Waals surface area contributed by atoms with Crippen molar-refractivity contribution in [2.75, 3.05) is 11.9 Å². The molecule has 2 amide bonds. The normalized spacial score (nSPS) is 15.9. The molecule has 10 nitrogen and oxygen atoms in total. The van der Waals surface area contributed by atoms with E-state index >= 15 is 0 Å². The van der Waals surface area contributed by atoms with E-state index in [4.69, 9.17) is 12.2 Å². The highest BCUT2D eigenvalue weighted by atomic mass is 32.1. The number of nitro groups is 2. The number of anilines is 1. The molecular formula is C12H13N5O5S. The molecule has 122 valence electrons. The van der Waals surface area contributed by atoms with E-state index in [1.807, 2.05) is 13.8 Å². The summed E-state index contributed by atoms with van der Waals surface area (Å²) in [4.78, 5) is 33.6. The first kappa shape index (κ1) is 16.5. The number of rotatable bonds is 3. The number of thiocarbonyl (C=S) groups is 1. The van der Waals surface area contributed by atoms with Crippen LogP contribution in [-0.4, -0.2) is 38.0 Å². The Morgan fingerprint density at radius 1 is 1.26 bits per heavy atom. The average Bonchev–Trinajstić information content (AvgIpc) is 2.71. The minimum atomic E-state index is -0.770. The molecule has 2 rings (SSSR count). The summed E-state index contributed by atoms with van der Waals surface area (Å²) in [5.74, 6) is 0. The maximum Gasteiger partial charge on any atom is 0.328 e. The first-order valence-electron chi connectivity index (χ1n) is 6.43. The molecule has 0 aliphatic carbocycles. The van der Waals surface area contributed by atoms with Crippen molar-refractivity contribution in [1.82, 2.24) is 10.2 Å². The molecule has 1 heterocycles. The zero-order chi connectivity index (χ0) is 17.4. The highest BCUT2D eigenvalue weighted by Gasteiger charge is 2.36. The fourth-order valence-electron chi connectivity index (χ4n) is 2.10. The molecule has 2 N–H and O–H groups in total. The van der Waals surface area contributed by atoms with E-state index in [1.54, 1.807) is 0 Å². The Morgan fingerprint density at radius 2 is 1.78 bits per heavy atom. The number of non-ortho nitro benzene ring substituents is 2. The summed E-state index contributed by atoms with van der Waals surface area (Å²) in [5, 5.41) is 27.2. The summed E-state index contributed by atoms with van der Waals surface area (Å²) >= 11 is 5.05. The molecule has 0 saturated carbocycles. The van der Waals surface area contributed by atoms with Crippen LogP contribution in [0.3, 0.4) is 0 Å². The van der Waals surface area contributed by atoms with Crippen LogP contribution in [0, 0.1) is 20.2 Å². The zero-order valence-corrected chi connectivity index (χ0v) is 13.0. The van der Waals surface area contributed by atoms with Crippen molar-refractivity contribution in [3.63, 3.8) is 0 Å². The third-order valence-electron chi connectivity index (χ3n) is 3.06. The number of nitrogens with zero attached hydrogens (tertiary/aromatic N) is 3. The summed E-state index contributed by atoms with van der Waals surface area (Å²) in [6.45, 7) is 4.00. The number of hydrogen-bond donors (Lipinski definition) is 2. The van der Waals surface area contributed by atoms with Gasteiger partial charge in [0.25, 0.3) is 11.4 Å². The number of benzene rings is 1. The van der Waals surface area contributed by atoms with Gasteiger partial charge >= 0.3 is 6.03 Å². The molecule has 0 radical (unpaired) electrons. The van der Waals surface area contributed by atoms with Crippen molar-refractivity contribution in [2.24, 2.45) is 0 Å². The molecule has 11 heteroatoms. The van der Waals surface area contributed by atoms with Crippen molar-refractivity contribution in [3.05, 3.63) is 38.4 Å². The quantitative estimate of drug-likeness (QED) is 0.489. The van der Waals surface area contributed by atoms with E-state index in [9.17, 15) is 25.0 Å². The molecule has 0 aromatic heterocycles. The number of amides is 2. The van der Waals surface area contributed by atoms with Gasteiger partial charge in [-0.15, -0.1) is 0 Å². The number of nitro benzene ring substituents is 2. The zero-order valence-electron chi connectivity index (χ0n) is 12.2. The van der Waals surface area contributed by atoms with Crippen LogP contribution in [0.15, 0.2) is 18.2 Å². The summed E-state index contributed by atoms with van der Waals surface area (Å²) in [7, 11) is 0. The van der Waals surface area contributed by atoms with Gasteiger partial charge in [0.2, 0.25) is 0 Å². The Hall–Kier alpha value is -2.82. The van der Waals surface area contributed by atoms with Crippen LogP contribution >= 0.6 is 12.2 Å². The lowest BCUT2D eigenvalue weighted by Gasteiger charge is -2.17. The first-order valence-corrected chi connectivity index (χ1v) is 6.84. The van der Waals surface area contributed by atoms with Crippen molar-refractivity contribution in [1.29, 1.82) is 0 Å². The summed E-state index contributed by atoms with van der Waals surface area (Å²) in [5.41, 5.74) is -1.43. The van der Waals surface area contributed by atoms with Gasteiger partial charge in [-0.25, -0.2) is 4.79 Å². The first-order chi connectivity index (χ1) is 10.6. The van der Waals surface area contributed by atoms with Crippen LogP contribution < -0.4 is 10.6 Å². The van der Waals surface area contributed by atoms with Gasteiger partial charge < -0.3 is 10.6 Å². The second-order valence-corrected chi connectivity index (χ2v) is 5.97. The van der Waals surface area contributed by atoms with Crippen molar-refractivity contribution >= 4 is 40.4 Å². The third kappa shape index (κ3) is 3.69. The second kappa shape index (κ2) is 5.76. The molecular weight excluding hydrogens is 326 g/mol. The maximum absolute atomic E-state index is 12.2. The Morgan fingerprint density at radius 3 is 2.17 bits per heavy atom. The van der Waals surface area contributed by atoms with Crippen LogP contribution in [0.25, 0.3) is 0 Å². The van der Waals surface area contributed by atoms with Crippen molar-refractivity contribution in [3.8, 4) is 0 Å². The minimum Gasteiger partial charge on any atom is -0.355 e. The smallest absolute Gasteiger partial charge is 0.328 e. The van der Waals surface area contributed by atoms with Gasteiger partial charge in [-0.2, -0.15) is 0 Å². The molecule has 23 heavy (non-hydrogen) atoms. The predicted octanol–water partition coefficient (Wildman–Crippen LogP) is 2.00. The lowest BCUT2D eigenvalue weighted by molar-refractivity contribution is -0.394. The Bertz CT molecular complexity index is 688. The van der Waals surface area contributed by atoms with Gasteiger partial charge in [-0.05, 0) is 26.1 Å². The van der Waals surface area contributed by atoms with E-state index < -0.39 is 32.8 Å². The number of nitrogens with one attached hydrogen (secondary N) is 2. The van der Waals surface area contributed by atoms with Gasteiger partial charge in [0.1, 0.15) is 0 Å². The molecule has 1 fully saturated rings. The van der Waals surface area contributed by atoms with E-state index in [1.165, 1.54) is 4.90 Å². The molecule has 1 saturated heterocycles. The van der Waals surface area contributed by atoms with E-state index in [0.717, 1.165) is 18.2 Å². The van der Waals surface area contributed by atoms with Gasteiger partial charge in [-0.3, -0.25) is 25.1 Å². The van der Waals surface area contributed by atoms with Gasteiger partial charge in [-0.1, -0.05) is 0 Å². The summed E-state index contributed by atoms with van der Waals surface area (Å²) in [6, 6.07) is 2.29. The van der Waals surface area contributed by atoms with Crippen LogP contribution in [0.2, 0.25) is 0 Å².